The van der Waals surface area contributed by atoms with Crippen LogP contribution < -0.4 is 9.62 Å². The first-order valence-electron chi connectivity index (χ1n) is 12.1. The summed E-state index contributed by atoms with van der Waals surface area (Å²) in [5.74, 6) is -0.780. The molecule has 0 aliphatic carbocycles. The van der Waals surface area contributed by atoms with Crippen molar-refractivity contribution >= 4 is 43.5 Å². The second-order valence-electron chi connectivity index (χ2n) is 8.80. The summed E-state index contributed by atoms with van der Waals surface area (Å²) in [5, 5.41) is 2.93. The van der Waals surface area contributed by atoms with Crippen LogP contribution in [0, 0.1) is 0 Å². The van der Waals surface area contributed by atoms with Gasteiger partial charge in [0.1, 0.15) is 12.6 Å². The Balaban J connectivity index is 1.99. The minimum Gasteiger partial charge on any atom is -0.352 e. The summed E-state index contributed by atoms with van der Waals surface area (Å²) in [6.45, 7) is 5.22. The fourth-order valence-corrected chi connectivity index (χ4v) is 5.38. The first-order chi connectivity index (χ1) is 17.6. The number of hydrogen-bond acceptors (Lipinski definition) is 4. The van der Waals surface area contributed by atoms with Crippen molar-refractivity contribution in [2.24, 2.45) is 0 Å². The average molecular weight is 587 g/mol. The molecule has 3 aromatic rings. The van der Waals surface area contributed by atoms with E-state index in [2.05, 4.69) is 21.2 Å². The van der Waals surface area contributed by atoms with Gasteiger partial charge in [0.15, 0.2) is 0 Å². The zero-order valence-corrected chi connectivity index (χ0v) is 23.6. The Hall–Kier alpha value is -3.17. The van der Waals surface area contributed by atoms with Crippen molar-refractivity contribution < 1.29 is 18.0 Å². The van der Waals surface area contributed by atoms with Crippen LogP contribution in [-0.2, 0) is 26.2 Å². The molecule has 1 N–H and O–H groups in total. The first kappa shape index (κ1) is 28.4. The number of benzene rings is 3. The third-order valence-electron chi connectivity index (χ3n) is 6.09. The topological polar surface area (TPSA) is 86.8 Å². The second-order valence-corrected chi connectivity index (χ2v) is 11.6. The highest BCUT2D eigenvalue weighted by Gasteiger charge is 2.32. The summed E-state index contributed by atoms with van der Waals surface area (Å²) in [4.78, 5) is 28.3. The lowest BCUT2D eigenvalue weighted by Gasteiger charge is -2.32. The Morgan fingerprint density at radius 1 is 0.892 bits per heavy atom. The summed E-state index contributed by atoms with van der Waals surface area (Å²) < 4.78 is 29.2. The molecule has 9 heteroatoms. The quantitative estimate of drug-likeness (QED) is 0.344. The van der Waals surface area contributed by atoms with Crippen molar-refractivity contribution in [2.45, 2.75) is 50.7 Å². The molecule has 0 saturated carbocycles. The number of halogens is 1. The third kappa shape index (κ3) is 7.42. The molecule has 0 heterocycles. The number of sulfonamides is 1. The number of nitrogens with one attached hydrogen (secondary N) is 1. The number of hydrogen-bond donors (Lipinski definition) is 1. The lowest BCUT2D eigenvalue weighted by atomic mass is 10.1. The van der Waals surface area contributed by atoms with E-state index < -0.39 is 28.5 Å². The van der Waals surface area contributed by atoms with Gasteiger partial charge < -0.3 is 10.2 Å². The normalized spacial score (nSPS) is 12.9. The highest BCUT2D eigenvalue weighted by atomic mass is 79.9. The second kappa shape index (κ2) is 12.9. The van der Waals surface area contributed by atoms with Gasteiger partial charge in [-0.2, -0.15) is 0 Å². The van der Waals surface area contributed by atoms with Crippen LogP contribution in [-0.4, -0.2) is 43.8 Å². The van der Waals surface area contributed by atoms with Crippen LogP contribution in [0.1, 0.15) is 32.8 Å². The van der Waals surface area contributed by atoms with Gasteiger partial charge in [0.2, 0.25) is 11.8 Å². The van der Waals surface area contributed by atoms with E-state index in [4.69, 9.17) is 0 Å². The van der Waals surface area contributed by atoms with Crippen molar-refractivity contribution in [1.29, 1.82) is 0 Å². The van der Waals surface area contributed by atoms with E-state index in [9.17, 15) is 18.0 Å². The molecule has 0 aromatic heterocycles. The molecule has 196 valence electrons. The summed E-state index contributed by atoms with van der Waals surface area (Å²) in [5.41, 5.74) is 1.18. The molecule has 0 saturated heterocycles. The van der Waals surface area contributed by atoms with Crippen LogP contribution >= 0.6 is 15.9 Å². The van der Waals surface area contributed by atoms with Crippen molar-refractivity contribution in [2.75, 3.05) is 10.8 Å². The Morgan fingerprint density at radius 2 is 1.46 bits per heavy atom. The number of carbonyl (C=O) groups is 2. The molecule has 0 bridgehead atoms. The molecule has 3 aromatic carbocycles. The maximum atomic E-state index is 13.8. The summed E-state index contributed by atoms with van der Waals surface area (Å²) in [6.07, 6.45) is 0.748. The van der Waals surface area contributed by atoms with E-state index in [1.54, 1.807) is 49.4 Å². The molecule has 0 aliphatic heterocycles. The van der Waals surface area contributed by atoms with Crippen molar-refractivity contribution in [3.05, 3.63) is 95.0 Å². The molecule has 0 radical (unpaired) electrons. The maximum Gasteiger partial charge on any atom is 0.264 e. The van der Waals surface area contributed by atoms with Gasteiger partial charge in [0, 0.05) is 17.1 Å². The van der Waals surface area contributed by atoms with Crippen LogP contribution in [0.4, 0.5) is 5.69 Å². The predicted octanol–water partition coefficient (Wildman–Crippen LogP) is 4.98. The predicted molar refractivity (Wildman–Crippen MR) is 149 cm³/mol. The highest BCUT2D eigenvalue weighted by molar-refractivity contribution is 9.10. The average Bonchev–Trinajstić information content (AvgIpc) is 2.91. The summed E-state index contributed by atoms with van der Waals surface area (Å²) in [7, 11) is -4.07. The van der Waals surface area contributed by atoms with Gasteiger partial charge in [-0.05, 0) is 62.2 Å². The molecule has 2 atom stereocenters. The van der Waals surface area contributed by atoms with Gasteiger partial charge in [0.05, 0.1) is 10.6 Å². The molecular weight excluding hydrogens is 554 g/mol. The Labute approximate surface area is 227 Å². The number of anilines is 1. The zero-order chi connectivity index (χ0) is 27.0. The fraction of sp³-hybridized carbons (Fsp3) is 0.286. The molecule has 3 rings (SSSR count). The highest BCUT2D eigenvalue weighted by Crippen LogP contribution is 2.26. The van der Waals surface area contributed by atoms with Gasteiger partial charge >= 0.3 is 0 Å². The van der Waals surface area contributed by atoms with Gasteiger partial charge in [-0.1, -0.05) is 71.4 Å². The minimum atomic E-state index is -4.07. The van der Waals surface area contributed by atoms with Crippen molar-refractivity contribution in [3.63, 3.8) is 0 Å². The van der Waals surface area contributed by atoms with E-state index in [0.29, 0.717) is 5.69 Å². The van der Waals surface area contributed by atoms with Crippen molar-refractivity contribution in [1.82, 2.24) is 10.2 Å². The lowest BCUT2D eigenvalue weighted by molar-refractivity contribution is -0.139. The van der Waals surface area contributed by atoms with E-state index in [1.807, 2.05) is 44.2 Å². The molecule has 0 spiro atoms. The van der Waals surface area contributed by atoms with Gasteiger partial charge in [-0.25, -0.2) is 8.42 Å². The molecule has 0 aliphatic rings. The SMILES string of the molecule is CC[C@H](C)NC(=O)[C@@H](C)N(Cc1ccccc1)C(=O)CN(c1ccc(Br)cc1)S(=O)(=O)c1ccccc1. The number of rotatable bonds is 11. The summed E-state index contributed by atoms with van der Waals surface area (Å²) >= 11 is 3.37. The van der Waals surface area contributed by atoms with E-state index in [0.717, 1.165) is 20.8 Å². The van der Waals surface area contributed by atoms with Gasteiger partial charge in [-0.3, -0.25) is 13.9 Å². The van der Waals surface area contributed by atoms with Crippen LogP contribution in [0.5, 0.6) is 0 Å². The third-order valence-corrected chi connectivity index (χ3v) is 8.41. The van der Waals surface area contributed by atoms with Crippen LogP contribution in [0.3, 0.4) is 0 Å². The zero-order valence-electron chi connectivity index (χ0n) is 21.2. The van der Waals surface area contributed by atoms with E-state index in [-0.39, 0.29) is 23.4 Å². The fourth-order valence-electron chi connectivity index (χ4n) is 3.68. The number of carbonyl (C=O) groups excluding carboxylic acids is 2. The van der Waals surface area contributed by atoms with Crippen LogP contribution in [0.25, 0.3) is 0 Å². The number of nitrogens with zero attached hydrogens (tertiary/aromatic N) is 2. The van der Waals surface area contributed by atoms with Gasteiger partial charge in [0.25, 0.3) is 10.0 Å². The van der Waals surface area contributed by atoms with E-state index in [1.165, 1.54) is 17.0 Å². The Bertz CT molecular complexity index is 1290. The molecule has 0 fully saturated rings. The number of amides is 2. The van der Waals surface area contributed by atoms with Crippen LogP contribution in [0.2, 0.25) is 0 Å². The minimum absolute atomic E-state index is 0.0543. The standard InChI is InChI=1S/C28H32BrN3O4S/c1-4-21(2)30-28(34)22(3)31(19-23-11-7-5-8-12-23)27(33)20-32(25-17-15-24(29)16-18-25)37(35,36)26-13-9-6-10-14-26/h5-18,21-22H,4,19-20H2,1-3H3,(H,30,34)/t21-,22+/m0/s1. The Kier molecular flexibility index (Phi) is 9.88. The maximum absolute atomic E-state index is 13.8. The molecular formula is C28H32BrN3O4S. The van der Waals surface area contributed by atoms with E-state index >= 15 is 0 Å². The molecule has 2 amide bonds. The molecule has 37 heavy (non-hydrogen) atoms. The molecule has 0 unspecified atom stereocenters. The first-order valence-corrected chi connectivity index (χ1v) is 14.3. The van der Waals surface area contributed by atoms with Gasteiger partial charge in [-0.15, -0.1) is 0 Å². The lowest BCUT2D eigenvalue weighted by Crippen LogP contribution is -2.52. The summed E-state index contributed by atoms with van der Waals surface area (Å²) in [6, 6.07) is 23.2. The largest absolute Gasteiger partial charge is 0.352 e. The monoisotopic (exact) mass is 585 g/mol. The molecule has 7 nitrogen and oxygen atoms in total. The smallest absolute Gasteiger partial charge is 0.264 e. The Morgan fingerprint density at radius 3 is 2.03 bits per heavy atom. The van der Waals surface area contributed by atoms with Crippen molar-refractivity contribution in [3.8, 4) is 0 Å². The van der Waals surface area contributed by atoms with Crippen LogP contribution in [0.15, 0.2) is 94.3 Å².